The largest absolute Gasteiger partial charge is 0.369 e. The van der Waals surface area contributed by atoms with Crippen molar-refractivity contribution >= 4 is 50.9 Å². The van der Waals surface area contributed by atoms with Crippen LogP contribution < -0.4 is 22.9 Å². The Balaban J connectivity index is 0.00000900. The molecule has 31 heavy (non-hydrogen) atoms. The third-order valence-corrected chi connectivity index (χ3v) is 4.88. The summed E-state index contributed by atoms with van der Waals surface area (Å²) in [4.78, 5) is 53.4. The molecule has 0 saturated carbocycles. The molecule has 4 radical (unpaired) electrons. The van der Waals surface area contributed by atoms with E-state index in [1.54, 1.807) is 0 Å². The van der Waals surface area contributed by atoms with Crippen LogP contribution in [-0.2, 0) is 19.2 Å². The Kier molecular flexibility index (Phi) is 15.6. The van der Waals surface area contributed by atoms with Crippen LogP contribution in [0.15, 0.2) is 0 Å². The van der Waals surface area contributed by atoms with Crippen molar-refractivity contribution in [3.63, 3.8) is 0 Å². The van der Waals surface area contributed by atoms with Gasteiger partial charge in [-0.05, 0) is 39.0 Å². The summed E-state index contributed by atoms with van der Waals surface area (Å²) >= 11 is 0. The second-order valence-electron chi connectivity index (χ2n) is 7.68. The maximum absolute atomic E-state index is 11.4. The molecular weight excluding hydrogens is 599 g/mol. The summed E-state index contributed by atoms with van der Waals surface area (Å²) in [5, 5.41) is 0. The van der Waals surface area contributed by atoms with E-state index in [4.69, 9.17) is 22.9 Å². The van der Waals surface area contributed by atoms with Gasteiger partial charge in [-0.1, -0.05) is 0 Å². The molecule has 0 atom stereocenters. The average molecular weight is 636 g/mol. The third kappa shape index (κ3) is 15.1. The maximum atomic E-state index is 11.4. The van der Waals surface area contributed by atoms with Crippen molar-refractivity contribution in [2.45, 2.75) is 12.8 Å². The zero-order valence-electron chi connectivity index (χ0n) is 18.1. The number of hydrogen-bond acceptors (Lipinski definition) is 8. The van der Waals surface area contributed by atoms with Crippen molar-refractivity contribution in [2.75, 3.05) is 78.5 Å². The van der Waals surface area contributed by atoms with Crippen molar-refractivity contribution in [1.29, 1.82) is 0 Å². The molecule has 1 aliphatic rings. The zero-order chi connectivity index (χ0) is 22.5. The van der Waals surface area contributed by atoms with E-state index in [1.165, 1.54) is 0 Å². The van der Waals surface area contributed by atoms with Crippen LogP contribution in [-0.4, -0.2) is 149 Å². The Hall–Kier alpha value is -1.36. The number of primary amides is 4. The molecule has 13 heteroatoms. The van der Waals surface area contributed by atoms with Gasteiger partial charge in [0.2, 0.25) is 23.6 Å². The standard InChI is InChI=1S/C18H36N8O4.Pb/c19-15(27)11-23-3-1-4-24(12-16(20)28)8-10-26(14-18(22)30)6-2-5-25(9-7-23)13-17(21)29;/h1-14H2,(H2,19,27)(H2,20,28)(H2,21,29)(H2,22,30);. The van der Waals surface area contributed by atoms with Crippen LogP contribution >= 0.6 is 0 Å². The molecule has 1 saturated heterocycles. The predicted octanol–water partition coefficient (Wildman–Crippen LogP) is -4.45. The van der Waals surface area contributed by atoms with Crippen molar-refractivity contribution in [2.24, 2.45) is 22.9 Å². The second kappa shape index (κ2) is 16.3. The molecule has 1 heterocycles. The Morgan fingerprint density at radius 1 is 0.452 bits per heavy atom. The van der Waals surface area contributed by atoms with Crippen LogP contribution in [0, 0.1) is 0 Å². The van der Waals surface area contributed by atoms with Crippen LogP contribution in [0.4, 0.5) is 0 Å². The average Bonchev–Trinajstić information content (AvgIpc) is 2.60. The number of rotatable bonds is 8. The molecule has 0 aromatic heterocycles. The minimum atomic E-state index is -0.423. The number of amides is 4. The third-order valence-electron chi connectivity index (χ3n) is 4.88. The fraction of sp³-hybridized carbons (Fsp3) is 0.778. The Labute approximate surface area is 203 Å². The smallest absolute Gasteiger partial charge is 0.231 e. The van der Waals surface area contributed by atoms with Gasteiger partial charge in [0.25, 0.3) is 0 Å². The summed E-state index contributed by atoms with van der Waals surface area (Å²) in [6.07, 6.45) is 1.40. The molecule has 0 aromatic carbocycles. The van der Waals surface area contributed by atoms with Crippen LogP contribution in [0.3, 0.4) is 0 Å². The fourth-order valence-corrected chi connectivity index (χ4v) is 3.56. The number of hydrogen-bond donors (Lipinski definition) is 4. The van der Waals surface area contributed by atoms with Gasteiger partial charge in [-0.2, -0.15) is 0 Å². The summed E-state index contributed by atoms with van der Waals surface area (Å²) < 4.78 is 0. The molecule has 0 aliphatic carbocycles. The van der Waals surface area contributed by atoms with Gasteiger partial charge in [0, 0.05) is 53.5 Å². The zero-order valence-corrected chi connectivity index (χ0v) is 22.0. The van der Waals surface area contributed by atoms with Crippen molar-refractivity contribution in [1.82, 2.24) is 19.6 Å². The van der Waals surface area contributed by atoms with E-state index in [0.717, 1.165) is 0 Å². The van der Waals surface area contributed by atoms with Crippen molar-refractivity contribution < 1.29 is 19.2 Å². The molecular formula is C18H36N8O4Pb. The van der Waals surface area contributed by atoms with Crippen LogP contribution in [0.25, 0.3) is 0 Å². The first-order chi connectivity index (χ1) is 14.2. The van der Waals surface area contributed by atoms with Gasteiger partial charge in [0.05, 0.1) is 26.2 Å². The maximum Gasteiger partial charge on any atom is 0.231 e. The summed E-state index contributed by atoms with van der Waals surface area (Å²) in [5.74, 6) is -1.69. The van der Waals surface area contributed by atoms with Gasteiger partial charge >= 0.3 is 0 Å². The fourth-order valence-electron chi connectivity index (χ4n) is 3.56. The summed E-state index contributed by atoms with van der Waals surface area (Å²) in [5.41, 5.74) is 21.5. The Morgan fingerprint density at radius 3 is 0.806 bits per heavy atom. The Morgan fingerprint density at radius 2 is 0.645 bits per heavy atom. The number of nitrogens with two attached hydrogens (primary N) is 4. The molecule has 1 aliphatic heterocycles. The molecule has 0 aromatic rings. The molecule has 176 valence electrons. The first kappa shape index (κ1) is 29.6. The first-order valence-electron chi connectivity index (χ1n) is 10.2. The monoisotopic (exact) mass is 636 g/mol. The molecule has 0 bridgehead atoms. The van der Waals surface area contributed by atoms with Gasteiger partial charge in [-0.15, -0.1) is 0 Å². The van der Waals surface area contributed by atoms with E-state index < -0.39 is 23.6 Å². The number of carbonyl (C=O) groups excluding carboxylic acids is 4. The minimum absolute atomic E-state index is 0. The van der Waals surface area contributed by atoms with Gasteiger partial charge in [0.15, 0.2) is 0 Å². The summed E-state index contributed by atoms with van der Waals surface area (Å²) in [6.45, 7) is 5.10. The molecule has 1 fully saturated rings. The van der Waals surface area contributed by atoms with Gasteiger partial charge < -0.3 is 22.9 Å². The summed E-state index contributed by atoms with van der Waals surface area (Å²) in [6, 6.07) is 0. The van der Waals surface area contributed by atoms with Gasteiger partial charge in [-0.3, -0.25) is 38.8 Å². The van der Waals surface area contributed by atoms with E-state index in [2.05, 4.69) is 0 Å². The van der Waals surface area contributed by atoms with E-state index in [1.807, 2.05) is 19.6 Å². The number of carbonyl (C=O) groups is 4. The molecule has 1 rings (SSSR count). The SMILES string of the molecule is NC(=O)CN1CCCN(CC(N)=O)CCN(CC(N)=O)CCCN(CC(N)=O)CC1.[Pb]. The second-order valence-corrected chi connectivity index (χ2v) is 7.68. The van der Waals surface area contributed by atoms with Crippen LogP contribution in [0.5, 0.6) is 0 Å². The minimum Gasteiger partial charge on any atom is -0.369 e. The molecule has 8 N–H and O–H groups in total. The normalized spacial score (nSPS) is 19.1. The molecule has 0 unspecified atom stereocenters. The Bertz CT molecular complexity index is 497. The first-order valence-corrected chi connectivity index (χ1v) is 10.2. The molecule has 0 spiro atoms. The van der Waals surface area contributed by atoms with Crippen LogP contribution in [0.1, 0.15) is 12.8 Å². The topological polar surface area (TPSA) is 185 Å². The van der Waals surface area contributed by atoms with E-state index in [9.17, 15) is 19.2 Å². The molecule has 12 nitrogen and oxygen atoms in total. The quantitative estimate of drug-likeness (QED) is 0.193. The van der Waals surface area contributed by atoms with E-state index in [0.29, 0.717) is 65.2 Å². The predicted molar refractivity (Wildman–Crippen MR) is 118 cm³/mol. The summed E-state index contributed by atoms with van der Waals surface area (Å²) in [7, 11) is 0. The van der Waals surface area contributed by atoms with E-state index in [-0.39, 0.29) is 53.5 Å². The molecule has 4 amide bonds. The van der Waals surface area contributed by atoms with E-state index >= 15 is 0 Å². The van der Waals surface area contributed by atoms with Crippen molar-refractivity contribution in [3.8, 4) is 0 Å². The van der Waals surface area contributed by atoms with Gasteiger partial charge in [0.1, 0.15) is 0 Å². The van der Waals surface area contributed by atoms with Gasteiger partial charge in [-0.25, -0.2) is 0 Å². The number of nitrogens with zero attached hydrogens (tertiary/aromatic N) is 4. The van der Waals surface area contributed by atoms with Crippen LogP contribution in [0.2, 0.25) is 0 Å². The van der Waals surface area contributed by atoms with Crippen molar-refractivity contribution in [3.05, 3.63) is 0 Å².